The van der Waals surface area contributed by atoms with E-state index >= 15 is 0 Å². The highest BCUT2D eigenvalue weighted by molar-refractivity contribution is 7.11. The van der Waals surface area contributed by atoms with Gasteiger partial charge in [-0.15, -0.1) is 11.3 Å². The molecule has 0 aliphatic heterocycles. The molecule has 2 rings (SSSR count). The topological polar surface area (TPSA) is 45.2 Å². The molecule has 1 aromatic carbocycles. The number of thiazole rings is 1. The molecule has 0 aliphatic rings. The Morgan fingerprint density at radius 3 is 2.47 bits per heavy atom. The fourth-order valence-electron chi connectivity index (χ4n) is 2.24. The predicted molar refractivity (Wildman–Crippen MR) is 80.7 cm³/mol. The van der Waals surface area contributed by atoms with Gasteiger partial charge in [0.05, 0.1) is 22.8 Å². The third kappa shape index (κ3) is 3.14. The van der Waals surface area contributed by atoms with Crippen LogP contribution in [0.2, 0.25) is 0 Å². The quantitative estimate of drug-likeness (QED) is 0.887. The first kappa shape index (κ1) is 14.0. The maximum Gasteiger partial charge on any atom is 0.0900 e. The van der Waals surface area contributed by atoms with Crippen LogP contribution in [-0.4, -0.2) is 10.1 Å². The van der Waals surface area contributed by atoms with Gasteiger partial charge in [0.2, 0.25) is 0 Å². The van der Waals surface area contributed by atoms with Gasteiger partial charge in [0.15, 0.2) is 0 Å². The molecule has 0 spiro atoms. The molecular formula is C15H20N2OS. The number of anilines is 1. The molecule has 0 amide bonds. The Morgan fingerprint density at radius 2 is 1.89 bits per heavy atom. The van der Waals surface area contributed by atoms with Gasteiger partial charge >= 0.3 is 0 Å². The fraction of sp³-hybridized carbons (Fsp3) is 0.400. The summed E-state index contributed by atoms with van der Waals surface area (Å²) < 4.78 is 0. The standard InChI is InChI=1S/C15H20N2OS/c1-9-15(19-12(4)16-9)10(2)17-14-8-6-5-7-13(14)11(3)18/h5-8,10-11,17-18H,1-4H3. The highest BCUT2D eigenvalue weighted by Gasteiger charge is 2.15. The molecular weight excluding hydrogens is 256 g/mol. The Morgan fingerprint density at radius 1 is 1.21 bits per heavy atom. The third-order valence-electron chi connectivity index (χ3n) is 3.12. The van der Waals surface area contributed by atoms with Gasteiger partial charge in [0.1, 0.15) is 0 Å². The smallest absolute Gasteiger partial charge is 0.0900 e. The minimum absolute atomic E-state index is 0.186. The third-order valence-corrected chi connectivity index (χ3v) is 4.37. The molecule has 2 N–H and O–H groups in total. The van der Waals surface area contributed by atoms with Crippen molar-refractivity contribution in [2.24, 2.45) is 0 Å². The molecule has 0 bridgehead atoms. The lowest BCUT2D eigenvalue weighted by Crippen LogP contribution is -2.09. The number of nitrogens with one attached hydrogen (secondary N) is 1. The molecule has 1 heterocycles. The van der Waals surface area contributed by atoms with Crippen molar-refractivity contribution >= 4 is 17.0 Å². The molecule has 2 aromatic rings. The van der Waals surface area contributed by atoms with Crippen LogP contribution in [0.25, 0.3) is 0 Å². The Labute approximate surface area is 118 Å². The highest BCUT2D eigenvalue weighted by Crippen LogP contribution is 2.30. The zero-order chi connectivity index (χ0) is 14.0. The van der Waals surface area contributed by atoms with Crippen molar-refractivity contribution in [3.05, 3.63) is 45.4 Å². The van der Waals surface area contributed by atoms with Crippen molar-refractivity contribution < 1.29 is 5.11 Å². The number of hydrogen-bond acceptors (Lipinski definition) is 4. The van der Waals surface area contributed by atoms with Crippen LogP contribution in [0.4, 0.5) is 5.69 Å². The number of para-hydroxylation sites is 1. The molecule has 0 saturated heterocycles. The maximum absolute atomic E-state index is 9.80. The Hall–Kier alpha value is -1.39. The van der Waals surface area contributed by atoms with Crippen LogP contribution < -0.4 is 5.32 Å². The zero-order valence-electron chi connectivity index (χ0n) is 11.8. The van der Waals surface area contributed by atoms with E-state index in [2.05, 4.69) is 17.2 Å². The first-order chi connectivity index (χ1) is 8.99. The van der Waals surface area contributed by atoms with Gasteiger partial charge in [-0.05, 0) is 33.8 Å². The second kappa shape index (κ2) is 5.72. The summed E-state index contributed by atoms with van der Waals surface area (Å²) in [4.78, 5) is 5.71. The summed E-state index contributed by atoms with van der Waals surface area (Å²) >= 11 is 1.72. The van der Waals surface area contributed by atoms with E-state index in [9.17, 15) is 5.11 Å². The number of hydrogen-bond donors (Lipinski definition) is 2. The van der Waals surface area contributed by atoms with Crippen molar-refractivity contribution in [1.82, 2.24) is 4.98 Å². The summed E-state index contributed by atoms with van der Waals surface area (Å²) in [6.45, 7) is 7.97. The molecule has 4 heteroatoms. The van der Waals surface area contributed by atoms with Gasteiger partial charge in [-0.1, -0.05) is 18.2 Å². The lowest BCUT2D eigenvalue weighted by atomic mass is 10.1. The molecule has 0 fully saturated rings. The van der Waals surface area contributed by atoms with Crippen LogP contribution >= 0.6 is 11.3 Å². The monoisotopic (exact) mass is 276 g/mol. The number of aliphatic hydroxyl groups is 1. The molecule has 1 aromatic heterocycles. The lowest BCUT2D eigenvalue weighted by Gasteiger charge is -2.18. The van der Waals surface area contributed by atoms with Crippen LogP contribution in [-0.2, 0) is 0 Å². The van der Waals surface area contributed by atoms with E-state index in [0.29, 0.717) is 0 Å². The van der Waals surface area contributed by atoms with Crippen molar-refractivity contribution in [3.63, 3.8) is 0 Å². The maximum atomic E-state index is 9.80. The molecule has 19 heavy (non-hydrogen) atoms. The highest BCUT2D eigenvalue weighted by atomic mass is 32.1. The van der Waals surface area contributed by atoms with Crippen molar-refractivity contribution in [2.75, 3.05) is 5.32 Å². The Balaban J connectivity index is 2.24. The van der Waals surface area contributed by atoms with E-state index in [4.69, 9.17) is 0 Å². The minimum atomic E-state index is -0.472. The van der Waals surface area contributed by atoms with Crippen LogP contribution in [0, 0.1) is 13.8 Å². The van der Waals surface area contributed by atoms with E-state index in [1.165, 1.54) is 4.88 Å². The number of aryl methyl sites for hydroxylation is 2. The average Bonchev–Trinajstić information content (AvgIpc) is 2.69. The van der Waals surface area contributed by atoms with E-state index < -0.39 is 6.10 Å². The van der Waals surface area contributed by atoms with Crippen molar-refractivity contribution in [3.8, 4) is 0 Å². The number of benzene rings is 1. The number of aliphatic hydroxyl groups excluding tert-OH is 1. The Kier molecular flexibility index (Phi) is 4.22. The largest absolute Gasteiger partial charge is 0.389 e. The van der Waals surface area contributed by atoms with Crippen LogP contribution in [0.3, 0.4) is 0 Å². The van der Waals surface area contributed by atoms with Crippen molar-refractivity contribution in [1.29, 1.82) is 0 Å². The van der Waals surface area contributed by atoms with Gasteiger partial charge < -0.3 is 10.4 Å². The fourth-order valence-corrected chi connectivity index (χ4v) is 3.17. The lowest BCUT2D eigenvalue weighted by molar-refractivity contribution is 0.200. The molecule has 2 unspecified atom stereocenters. The molecule has 0 radical (unpaired) electrons. The summed E-state index contributed by atoms with van der Waals surface area (Å²) in [7, 11) is 0. The normalized spacial score (nSPS) is 14.2. The summed E-state index contributed by atoms with van der Waals surface area (Å²) in [5.74, 6) is 0. The summed E-state index contributed by atoms with van der Waals surface area (Å²) in [5.41, 5.74) is 2.99. The first-order valence-corrected chi connectivity index (χ1v) is 7.28. The number of rotatable bonds is 4. The van der Waals surface area contributed by atoms with Gasteiger partial charge in [-0.25, -0.2) is 4.98 Å². The van der Waals surface area contributed by atoms with E-state index in [1.807, 2.05) is 38.1 Å². The van der Waals surface area contributed by atoms with Crippen LogP contribution in [0.1, 0.15) is 47.1 Å². The van der Waals surface area contributed by atoms with Gasteiger partial charge in [0.25, 0.3) is 0 Å². The number of aromatic nitrogens is 1. The number of nitrogens with zero attached hydrogens (tertiary/aromatic N) is 1. The molecule has 0 saturated carbocycles. The van der Waals surface area contributed by atoms with Crippen LogP contribution in [0.15, 0.2) is 24.3 Å². The molecule has 2 atom stereocenters. The first-order valence-electron chi connectivity index (χ1n) is 6.46. The SMILES string of the molecule is Cc1nc(C)c(C(C)Nc2ccccc2C(C)O)s1. The second-order valence-corrected chi connectivity index (χ2v) is 6.05. The van der Waals surface area contributed by atoms with Crippen molar-refractivity contribution in [2.45, 2.75) is 39.8 Å². The molecule has 3 nitrogen and oxygen atoms in total. The van der Waals surface area contributed by atoms with E-state index in [0.717, 1.165) is 22.0 Å². The average molecular weight is 276 g/mol. The second-order valence-electron chi connectivity index (χ2n) is 4.81. The van der Waals surface area contributed by atoms with Gasteiger partial charge in [-0.2, -0.15) is 0 Å². The zero-order valence-corrected chi connectivity index (χ0v) is 12.6. The predicted octanol–water partition coefficient (Wildman–Crippen LogP) is 3.99. The van der Waals surface area contributed by atoms with E-state index in [1.54, 1.807) is 18.3 Å². The Bertz CT molecular complexity index is 563. The summed E-state index contributed by atoms with van der Waals surface area (Å²) in [5, 5.41) is 14.4. The minimum Gasteiger partial charge on any atom is -0.389 e. The summed E-state index contributed by atoms with van der Waals surface area (Å²) in [6.07, 6.45) is -0.472. The van der Waals surface area contributed by atoms with Crippen LogP contribution in [0.5, 0.6) is 0 Å². The molecule has 0 aliphatic carbocycles. The summed E-state index contributed by atoms with van der Waals surface area (Å²) in [6, 6.07) is 8.06. The van der Waals surface area contributed by atoms with E-state index in [-0.39, 0.29) is 6.04 Å². The van der Waals surface area contributed by atoms with Gasteiger partial charge in [-0.3, -0.25) is 0 Å². The van der Waals surface area contributed by atoms with Gasteiger partial charge in [0, 0.05) is 16.1 Å². The molecule has 102 valence electrons.